The lowest BCUT2D eigenvalue weighted by molar-refractivity contribution is -0.0202. The van der Waals surface area contributed by atoms with E-state index in [4.69, 9.17) is 4.74 Å². The van der Waals surface area contributed by atoms with E-state index in [1.54, 1.807) is 13.3 Å². The van der Waals surface area contributed by atoms with Crippen molar-refractivity contribution in [3.8, 4) is 0 Å². The highest BCUT2D eigenvalue weighted by atomic mass is 31.2. The molecule has 0 radical (unpaired) electrons. The molecule has 0 bridgehead atoms. The minimum atomic E-state index is -3.07. The van der Waals surface area contributed by atoms with Gasteiger partial charge in [0.1, 0.15) is 19.4 Å². The molecule has 1 saturated carbocycles. The van der Waals surface area contributed by atoms with Crippen LogP contribution in [-0.4, -0.2) is 47.4 Å². The Morgan fingerprint density at radius 3 is 2.76 bits per heavy atom. The number of H-pyrrole nitrogens is 1. The molecule has 2 aromatic rings. The number of aryl methyl sites for hydroxylation is 1. The number of rotatable bonds is 3. The number of hydrogen-bond acceptors (Lipinski definition) is 6. The number of ether oxygens (including phenoxy) is 1. The lowest BCUT2D eigenvalue weighted by atomic mass is 9.90. The third kappa shape index (κ3) is 2.68. The molecule has 8 nitrogen and oxygen atoms in total. The number of imidazole rings is 1. The SMILES string of the molecule is C=P(O)(O)C1CC1C1OC(n2cnc3c(=O)[nH]c(C)nc32)C(C)C1C. The van der Waals surface area contributed by atoms with Gasteiger partial charge in [-0.25, -0.2) is 9.97 Å². The minimum absolute atomic E-state index is 0.0639. The second kappa shape index (κ2) is 5.51. The largest absolute Gasteiger partial charge is 0.354 e. The molecule has 1 saturated heterocycles. The van der Waals surface area contributed by atoms with Gasteiger partial charge in [-0.3, -0.25) is 9.36 Å². The molecule has 25 heavy (non-hydrogen) atoms. The first-order chi connectivity index (χ1) is 11.7. The minimum Gasteiger partial charge on any atom is -0.354 e. The number of aromatic amines is 1. The first-order valence-corrected chi connectivity index (χ1v) is 10.4. The van der Waals surface area contributed by atoms with Crippen molar-refractivity contribution in [3.05, 3.63) is 22.5 Å². The van der Waals surface area contributed by atoms with Gasteiger partial charge in [0.05, 0.1) is 12.4 Å². The van der Waals surface area contributed by atoms with Crippen molar-refractivity contribution in [2.45, 2.75) is 45.2 Å². The molecule has 3 heterocycles. The topological polar surface area (TPSA) is 113 Å². The molecule has 0 aromatic carbocycles. The Labute approximate surface area is 145 Å². The van der Waals surface area contributed by atoms with Crippen molar-refractivity contribution < 1.29 is 14.5 Å². The Kier molecular flexibility index (Phi) is 3.74. The van der Waals surface area contributed by atoms with Gasteiger partial charge in [-0.05, 0) is 25.2 Å². The summed E-state index contributed by atoms with van der Waals surface area (Å²) in [4.78, 5) is 43.0. The van der Waals surface area contributed by atoms with E-state index in [-0.39, 0.29) is 41.3 Å². The fourth-order valence-electron chi connectivity index (χ4n) is 4.03. The molecule has 4 rings (SSSR count). The molecule has 6 unspecified atom stereocenters. The third-order valence-electron chi connectivity index (χ3n) is 5.68. The number of fused-ring (bicyclic) bond motifs is 1. The molecule has 1 aliphatic carbocycles. The molecule has 0 spiro atoms. The van der Waals surface area contributed by atoms with Gasteiger partial charge >= 0.3 is 0 Å². The van der Waals surface area contributed by atoms with Crippen molar-refractivity contribution >= 4 is 24.8 Å². The van der Waals surface area contributed by atoms with Crippen LogP contribution in [0.5, 0.6) is 0 Å². The fraction of sp³-hybridized carbons (Fsp3) is 0.625. The lowest BCUT2D eigenvalue weighted by Crippen LogP contribution is -2.20. The van der Waals surface area contributed by atoms with Gasteiger partial charge in [-0.1, -0.05) is 20.1 Å². The molecule has 0 amide bonds. The third-order valence-corrected chi connectivity index (χ3v) is 7.33. The maximum atomic E-state index is 12.0. The van der Waals surface area contributed by atoms with Crippen LogP contribution in [0.25, 0.3) is 11.2 Å². The number of nitrogens with one attached hydrogen (secondary N) is 1. The number of nitrogens with zero attached hydrogens (tertiary/aromatic N) is 3. The van der Waals surface area contributed by atoms with Crippen molar-refractivity contribution in [2.75, 3.05) is 0 Å². The molecule has 3 N–H and O–H groups in total. The van der Waals surface area contributed by atoms with Crippen LogP contribution in [0.3, 0.4) is 0 Å². The van der Waals surface area contributed by atoms with Crippen LogP contribution in [0.1, 0.15) is 32.3 Å². The smallest absolute Gasteiger partial charge is 0.279 e. The Morgan fingerprint density at radius 2 is 2.12 bits per heavy atom. The zero-order valence-corrected chi connectivity index (χ0v) is 15.3. The zero-order chi connectivity index (χ0) is 18.1. The Bertz CT molecular complexity index is 932. The summed E-state index contributed by atoms with van der Waals surface area (Å²) in [6, 6.07) is 0. The highest BCUT2D eigenvalue weighted by molar-refractivity contribution is 7.63. The second-order valence-corrected chi connectivity index (χ2v) is 9.67. The quantitative estimate of drug-likeness (QED) is 0.705. The van der Waals surface area contributed by atoms with E-state index in [2.05, 4.69) is 35.1 Å². The first-order valence-electron chi connectivity index (χ1n) is 8.46. The summed E-state index contributed by atoms with van der Waals surface area (Å²) in [5, 5.41) is 0. The van der Waals surface area contributed by atoms with E-state index in [9.17, 15) is 14.6 Å². The van der Waals surface area contributed by atoms with Crippen LogP contribution in [-0.2, 0) is 4.74 Å². The Hall–Kier alpha value is -1.47. The molecule has 2 aromatic heterocycles. The van der Waals surface area contributed by atoms with Crippen LogP contribution >= 0.6 is 7.34 Å². The Morgan fingerprint density at radius 1 is 1.40 bits per heavy atom. The molecule has 9 heteroatoms. The van der Waals surface area contributed by atoms with E-state index < -0.39 is 7.34 Å². The van der Waals surface area contributed by atoms with Gasteiger partial charge in [0.2, 0.25) is 0 Å². The summed E-state index contributed by atoms with van der Waals surface area (Å²) >= 11 is 0. The average molecular weight is 366 g/mol. The second-order valence-electron chi connectivity index (χ2n) is 7.44. The van der Waals surface area contributed by atoms with Crippen LogP contribution in [0.2, 0.25) is 0 Å². The number of hydrogen-bond donors (Lipinski definition) is 3. The summed E-state index contributed by atoms with van der Waals surface area (Å²) < 4.78 is 8.13. The van der Waals surface area contributed by atoms with Gasteiger partial charge in [-0.15, -0.1) is 0 Å². The highest BCUT2D eigenvalue weighted by Crippen LogP contribution is 2.62. The molecular formula is C16H23N4O4P. The summed E-state index contributed by atoms with van der Waals surface area (Å²) in [5.41, 5.74) is 0.399. The van der Waals surface area contributed by atoms with E-state index >= 15 is 0 Å². The summed E-state index contributed by atoms with van der Waals surface area (Å²) in [7, 11) is -3.07. The monoisotopic (exact) mass is 366 g/mol. The maximum Gasteiger partial charge on any atom is 0.279 e. The predicted octanol–water partition coefficient (Wildman–Crippen LogP) is 1.25. The van der Waals surface area contributed by atoms with Crippen LogP contribution in [0, 0.1) is 24.7 Å². The average Bonchev–Trinajstić information content (AvgIpc) is 3.14. The molecule has 2 fully saturated rings. The van der Waals surface area contributed by atoms with Crippen molar-refractivity contribution in [1.29, 1.82) is 0 Å². The number of aromatic nitrogens is 4. The molecule has 2 aliphatic rings. The predicted molar refractivity (Wildman–Crippen MR) is 95.5 cm³/mol. The maximum absolute atomic E-state index is 12.0. The van der Waals surface area contributed by atoms with Crippen molar-refractivity contribution in [3.63, 3.8) is 0 Å². The van der Waals surface area contributed by atoms with Gasteiger partial charge in [0.15, 0.2) is 11.2 Å². The first kappa shape index (κ1) is 17.0. The van der Waals surface area contributed by atoms with Gasteiger partial charge in [0.25, 0.3) is 5.56 Å². The van der Waals surface area contributed by atoms with Crippen molar-refractivity contribution in [1.82, 2.24) is 19.5 Å². The fourth-order valence-corrected chi connectivity index (χ4v) is 5.39. The van der Waals surface area contributed by atoms with Gasteiger partial charge in [0, 0.05) is 11.6 Å². The van der Waals surface area contributed by atoms with E-state index in [1.165, 1.54) is 0 Å². The molecule has 136 valence electrons. The summed E-state index contributed by atoms with van der Waals surface area (Å²) in [6.07, 6.45) is 5.52. The van der Waals surface area contributed by atoms with Crippen LogP contribution < -0.4 is 5.56 Å². The normalized spacial score (nSPS) is 35.4. The molecular weight excluding hydrogens is 343 g/mol. The lowest BCUT2D eigenvalue weighted by Gasteiger charge is -2.18. The highest BCUT2D eigenvalue weighted by Gasteiger charge is 2.55. The van der Waals surface area contributed by atoms with E-state index in [1.807, 2.05) is 4.57 Å². The molecule has 1 aliphatic heterocycles. The standard InChI is InChI=1S/C16H23N4O4P/c1-7-8(2)16(24-13(7)10-5-11(10)25(4,22)23)20-6-17-12-14(20)18-9(3)19-15(12)21/h6-8,10-11,13,16,22-23H,4-5H2,1-3H3,(H,18,19,21). The molecule has 6 atom stereocenters. The van der Waals surface area contributed by atoms with Gasteiger partial charge in [-0.2, -0.15) is 0 Å². The zero-order valence-electron chi connectivity index (χ0n) is 14.5. The van der Waals surface area contributed by atoms with Gasteiger partial charge < -0.3 is 19.5 Å². The summed E-state index contributed by atoms with van der Waals surface area (Å²) in [5.74, 6) is 1.08. The van der Waals surface area contributed by atoms with Crippen molar-refractivity contribution in [2.24, 2.45) is 17.8 Å². The van der Waals surface area contributed by atoms with Crippen LogP contribution in [0.4, 0.5) is 0 Å². The van der Waals surface area contributed by atoms with Crippen LogP contribution in [0.15, 0.2) is 11.1 Å². The summed E-state index contributed by atoms with van der Waals surface area (Å²) in [6.45, 7) is 5.95. The Balaban J connectivity index is 1.66. The van der Waals surface area contributed by atoms with E-state index in [0.29, 0.717) is 17.0 Å². The van der Waals surface area contributed by atoms with E-state index in [0.717, 1.165) is 6.42 Å².